The van der Waals surface area contributed by atoms with E-state index in [2.05, 4.69) is 84.6 Å². The van der Waals surface area contributed by atoms with Gasteiger partial charge in [0.25, 0.3) is 0 Å². The molecule has 4 aromatic carbocycles. The highest BCUT2D eigenvalue weighted by molar-refractivity contribution is 8.01. The Bertz CT molecular complexity index is 1150. The van der Waals surface area contributed by atoms with Crippen molar-refractivity contribution in [2.75, 3.05) is 14.1 Å². The number of benzene rings is 4. The quantitative estimate of drug-likeness (QED) is 0.165. The van der Waals surface area contributed by atoms with Crippen molar-refractivity contribution in [3.8, 4) is 0 Å². The van der Waals surface area contributed by atoms with Gasteiger partial charge in [0.2, 0.25) is 0 Å². The number of carbonyl (C=O) groups excluding carboxylic acids is 1. The number of hydrogen-bond acceptors (Lipinski definition) is 4. The third kappa shape index (κ3) is 5.98. The summed E-state index contributed by atoms with van der Waals surface area (Å²) in [5.74, 6) is -0.222. The Kier molecular flexibility index (Phi) is 8.86. The zero-order chi connectivity index (χ0) is 26.3. The van der Waals surface area contributed by atoms with Crippen molar-refractivity contribution in [2.45, 2.75) is 36.0 Å². The van der Waals surface area contributed by atoms with Gasteiger partial charge in [-0.3, -0.25) is 4.79 Å². The SMILES string of the molecule is C[C@H](SC(c1ccccc1)(c1ccccc1)c1ccccc1)C(=O)O[C@@H](c1ccccc1)[C@H](C)N(C)C. The first-order valence-corrected chi connectivity index (χ1v) is 13.6. The fourth-order valence-electron chi connectivity index (χ4n) is 4.62. The fourth-order valence-corrected chi connectivity index (χ4v) is 6.11. The number of thioether (sulfide) groups is 1. The minimum atomic E-state index is -0.586. The Balaban J connectivity index is 1.74. The molecule has 0 aliphatic carbocycles. The molecule has 37 heavy (non-hydrogen) atoms. The van der Waals surface area contributed by atoms with Crippen molar-refractivity contribution >= 4 is 17.7 Å². The molecule has 0 unspecified atom stereocenters. The molecule has 4 aromatic rings. The molecule has 0 bridgehead atoms. The van der Waals surface area contributed by atoms with Crippen LogP contribution >= 0.6 is 11.8 Å². The molecule has 0 heterocycles. The van der Waals surface area contributed by atoms with E-state index in [1.54, 1.807) is 11.8 Å². The average molecular weight is 510 g/mol. The summed E-state index contributed by atoms with van der Waals surface area (Å²) in [4.78, 5) is 15.9. The lowest BCUT2D eigenvalue weighted by Crippen LogP contribution is -2.36. The summed E-state index contributed by atoms with van der Waals surface area (Å²) < 4.78 is 5.69. The van der Waals surface area contributed by atoms with E-state index in [-0.39, 0.29) is 18.1 Å². The van der Waals surface area contributed by atoms with E-state index < -0.39 is 10.00 Å². The maximum atomic E-state index is 13.8. The van der Waals surface area contributed by atoms with Crippen LogP contribution in [0, 0.1) is 0 Å². The lowest BCUT2D eigenvalue weighted by molar-refractivity contribution is -0.151. The number of nitrogens with zero attached hydrogens (tertiary/aromatic N) is 1. The molecular weight excluding hydrogens is 474 g/mol. The second-order valence-corrected chi connectivity index (χ2v) is 11.1. The highest BCUT2D eigenvalue weighted by Gasteiger charge is 2.41. The third-order valence-electron chi connectivity index (χ3n) is 6.85. The zero-order valence-corrected chi connectivity index (χ0v) is 22.8. The molecule has 0 spiro atoms. The van der Waals surface area contributed by atoms with E-state index in [0.29, 0.717) is 0 Å². The molecule has 190 valence electrons. The fraction of sp³-hybridized carbons (Fsp3) is 0.242. The van der Waals surface area contributed by atoms with E-state index in [1.807, 2.05) is 69.6 Å². The highest BCUT2D eigenvalue weighted by Crippen LogP contribution is 2.50. The van der Waals surface area contributed by atoms with Gasteiger partial charge in [0.15, 0.2) is 0 Å². The van der Waals surface area contributed by atoms with Crippen molar-refractivity contribution in [1.29, 1.82) is 0 Å². The lowest BCUT2D eigenvalue weighted by Gasteiger charge is -2.37. The van der Waals surface area contributed by atoms with Crippen LogP contribution in [0.15, 0.2) is 121 Å². The number of rotatable bonds is 10. The van der Waals surface area contributed by atoms with Crippen LogP contribution < -0.4 is 0 Å². The minimum Gasteiger partial charge on any atom is -0.455 e. The lowest BCUT2D eigenvalue weighted by atomic mass is 9.84. The van der Waals surface area contributed by atoms with Crippen LogP contribution in [-0.4, -0.2) is 36.3 Å². The highest BCUT2D eigenvalue weighted by atomic mass is 32.2. The minimum absolute atomic E-state index is 0.0191. The summed E-state index contributed by atoms with van der Waals surface area (Å²) in [6.45, 7) is 4.05. The first-order valence-electron chi connectivity index (χ1n) is 12.7. The molecule has 0 N–H and O–H groups in total. The standard InChI is InChI=1S/C33H35NO2S/c1-25(34(3)4)31(27-17-9-5-10-18-27)36-32(35)26(2)37-33(28-19-11-6-12-20-28,29-21-13-7-14-22-29)30-23-15-8-16-24-30/h5-26,31H,1-4H3/t25-,26-,31+/m0/s1. The predicted octanol–water partition coefficient (Wildman–Crippen LogP) is 7.33. The Morgan fingerprint density at radius 2 is 1.05 bits per heavy atom. The molecular formula is C33H35NO2S. The molecule has 0 saturated carbocycles. The first kappa shape index (κ1) is 26.7. The molecule has 4 rings (SSSR count). The molecule has 3 nitrogen and oxygen atoms in total. The van der Waals surface area contributed by atoms with Crippen LogP contribution in [0.25, 0.3) is 0 Å². The van der Waals surface area contributed by atoms with Crippen LogP contribution in [0.2, 0.25) is 0 Å². The molecule has 0 fully saturated rings. The van der Waals surface area contributed by atoms with Crippen LogP contribution in [-0.2, 0) is 14.3 Å². The van der Waals surface area contributed by atoms with E-state index in [1.165, 1.54) is 0 Å². The van der Waals surface area contributed by atoms with Crippen molar-refractivity contribution < 1.29 is 9.53 Å². The molecule has 3 atom stereocenters. The summed E-state index contributed by atoms with van der Waals surface area (Å²) in [6, 6.07) is 41.3. The van der Waals surface area contributed by atoms with Gasteiger partial charge in [-0.15, -0.1) is 11.8 Å². The van der Waals surface area contributed by atoms with Crippen LogP contribution in [0.4, 0.5) is 0 Å². The second kappa shape index (κ2) is 12.3. The molecule has 0 radical (unpaired) electrons. The van der Waals surface area contributed by atoms with Gasteiger partial charge in [-0.05, 0) is 50.2 Å². The van der Waals surface area contributed by atoms with Gasteiger partial charge >= 0.3 is 5.97 Å². The van der Waals surface area contributed by atoms with Crippen LogP contribution in [0.3, 0.4) is 0 Å². The Morgan fingerprint density at radius 3 is 1.43 bits per heavy atom. The van der Waals surface area contributed by atoms with Crippen LogP contribution in [0.1, 0.15) is 42.2 Å². The van der Waals surface area contributed by atoms with Crippen LogP contribution in [0.5, 0.6) is 0 Å². The normalized spacial score (nSPS) is 14.1. The zero-order valence-electron chi connectivity index (χ0n) is 22.0. The molecule has 0 saturated heterocycles. The summed E-state index contributed by atoms with van der Waals surface area (Å²) in [5, 5.41) is -0.429. The maximum Gasteiger partial charge on any atom is 0.319 e. The molecule has 0 aliphatic heterocycles. The van der Waals surface area contributed by atoms with Gasteiger partial charge in [-0.1, -0.05) is 121 Å². The monoisotopic (exact) mass is 509 g/mol. The Labute approximate surface area is 225 Å². The summed E-state index contributed by atoms with van der Waals surface area (Å²) in [7, 11) is 4.02. The number of esters is 1. The molecule has 0 amide bonds. The average Bonchev–Trinajstić information content (AvgIpc) is 2.95. The number of likely N-dealkylation sites (N-methyl/N-ethyl adjacent to an activating group) is 1. The molecule has 4 heteroatoms. The van der Waals surface area contributed by atoms with Crippen molar-refractivity contribution in [1.82, 2.24) is 4.90 Å². The number of carbonyl (C=O) groups is 1. The topological polar surface area (TPSA) is 29.5 Å². The van der Waals surface area contributed by atoms with E-state index >= 15 is 0 Å². The maximum absolute atomic E-state index is 13.8. The number of ether oxygens (including phenoxy) is 1. The number of hydrogen-bond donors (Lipinski definition) is 0. The van der Waals surface area contributed by atoms with Crippen molar-refractivity contribution in [3.05, 3.63) is 144 Å². The van der Waals surface area contributed by atoms with E-state index in [4.69, 9.17) is 4.74 Å². The summed E-state index contributed by atoms with van der Waals surface area (Å²) in [6.07, 6.45) is -0.369. The second-order valence-electron chi connectivity index (χ2n) is 9.51. The van der Waals surface area contributed by atoms with Gasteiger partial charge < -0.3 is 9.64 Å². The van der Waals surface area contributed by atoms with Crippen molar-refractivity contribution in [3.63, 3.8) is 0 Å². The van der Waals surface area contributed by atoms with Gasteiger partial charge in [-0.25, -0.2) is 0 Å². The van der Waals surface area contributed by atoms with Crippen molar-refractivity contribution in [2.24, 2.45) is 0 Å². The molecule has 0 aromatic heterocycles. The van der Waals surface area contributed by atoms with Gasteiger partial charge in [0.05, 0.1) is 4.75 Å². The van der Waals surface area contributed by atoms with E-state index in [0.717, 1.165) is 22.3 Å². The summed E-state index contributed by atoms with van der Waals surface area (Å²) >= 11 is 1.63. The van der Waals surface area contributed by atoms with Gasteiger partial charge in [-0.2, -0.15) is 0 Å². The van der Waals surface area contributed by atoms with E-state index in [9.17, 15) is 4.79 Å². The Morgan fingerprint density at radius 1 is 0.676 bits per heavy atom. The third-order valence-corrected chi connectivity index (χ3v) is 8.46. The van der Waals surface area contributed by atoms with Gasteiger partial charge in [0, 0.05) is 6.04 Å². The Hall–Kier alpha value is -3.34. The molecule has 0 aliphatic rings. The summed E-state index contributed by atoms with van der Waals surface area (Å²) in [5.41, 5.74) is 4.37. The predicted molar refractivity (Wildman–Crippen MR) is 155 cm³/mol. The van der Waals surface area contributed by atoms with Gasteiger partial charge in [0.1, 0.15) is 11.4 Å². The smallest absolute Gasteiger partial charge is 0.319 e. The first-order chi connectivity index (χ1) is 17.9. The largest absolute Gasteiger partial charge is 0.455 e.